The van der Waals surface area contributed by atoms with Gasteiger partial charge in [-0.2, -0.15) is 5.10 Å². The topological polar surface area (TPSA) is 50.4 Å². The molecule has 0 aromatic carbocycles. The lowest BCUT2D eigenvalue weighted by atomic mass is 9.70. The molecular formula is C11H19N3S. The van der Waals surface area contributed by atoms with Crippen LogP contribution in [0.3, 0.4) is 0 Å². The number of fused-ring (bicyclic) bond motifs is 2. The van der Waals surface area contributed by atoms with Crippen molar-refractivity contribution in [3.8, 4) is 0 Å². The van der Waals surface area contributed by atoms with Gasteiger partial charge in [0.25, 0.3) is 0 Å². The Labute approximate surface area is 96.5 Å². The summed E-state index contributed by atoms with van der Waals surface area (Å²) in [4.78, 5) is 0. The lowest BCUT2D eigenvalue weighted by molar-refractivity contribution is 0.193. The molecule has 4 heteroatoms. The fourth-order valence-electron chi connectivity index (χ4n) is 3.22. The Bertz CT molecular complexity index is 335. The molecular weight excluding hydrogens is 206 g/mol. The smallest absolute Gasteiger partial charge is 0.184 e. The fourth-order valence-corrected chi connectivity index (χ4v) is 3.27. The second-order valence-corrected chi connectivity index (χ2v) is 5.97. The van der Waals surface area contributed by atoms with Crippen LogP contribution in [0.4, 0.5) is 0 Å². The summed E-state index contributed by atoms with van der Waals surface area (Å²) in [6, 6.07) is 0. The number of hydrogen-bond acceptors (Lipinski definition) is 2. The predicted molar refractivity (Wildman–Crippen MR) is 66.6 cm³/mol. The van der Waals surface area contributed by atoms with Gasteiger partial charge in [-0.25, -0.2) is 0 Å². The molecule has 2 atom stereocenters. The Kier molecular flexibility index (Phi) is 2.30. The van der Waals surface area contributed by atoms with Gasteiger partial charge in [-0.3, -0.25) is 5.43 Å². The predicted octanol–water partition coefficient (Wildman–Crippen LogP) is 2.02. The molecule has 2 bridgehead atoms. The number of nitrogens with one attached hydrogen (secondary N) is 1. The fraction of sp³-hybridized carbons (Fsp3) is 0.818. The SMILES string of the molecule is CC12CCC(CC1=NNC(N)=S)C2(C)C. The monoisotopic (exact) mass is 225 g/mol. The van der Waals surface area contributed by atoms with Crippen molar-refractivity contribution in [1.82, 2.24) is 5.43 Å². The van der Waals surface area contributed by atoms with E-state index >= 15 is 0 Å². The molecule has 2 fully saturated rings. The Hall–Kier alpha value is -0.640. The van der Waals surface area contributed by atoms with Gasteiger partial charge >= 0.3 is 0 Å². The molecule has 2 aliphatic rings. The molecule has 0 saturated heterocycles. The second kappa shape index (κ2) is 3.17. The number of nitrogens with two attached hydrogens (primary N) is 1. The highest BCUT2D eigenvalue weighted by molar-refractivity contribution is 7.80. The van der Waals surface area contributed by atoms with E-state index in [2.05, 4.69) is 31.3 Å². The van der Waals surface area contributed by atoms with Crippen molar-refractivity contribution in [2.75, 3.05) is 0 Å². The largest absolute Gasteiger partial charge is 0.375 e. The number of thiocarbonyl (C=S) groups is 1. The van der Waals surface area contributed by atoms with Crippen LogP contribution in [0, 0.1) is 16.7 Å². The molecule has 0 aromatic rings. The Balaban J connectivity index is 2.26. The molecule has 0 spiro atoms. The Morgan fingerprint density at radius 2 is 2.20 bits per heavy atom. The first-order chi connectivity index (χ1) is 6.88. The zero-order valence-corrected chi connectivity index (χ0v) is 10.4. The van der Waals surface area contributed by atoms with E-state index in [-0.39, 0.29) is 10.5 Å². The van der Waals surface area contributed by atoms with Crippen molar-refractivity contribution in [1.29, 1.82) is 0 Å². The second-order valence-electron chi connectivity index (χ2n) is 5.53. The van der Waals surface area contributed by atoms with Crippen LogP contribution in [0.1, 0.15) is 40.0 Å². The summed E-state index contributed by atoms with van der Waals surface area (Å²) in [5, 5.41) is 4.63. The van der Waals surface area contributed by atoms with Gasteiger partial charge in [0.05, 0.1) is 0 Å². The maximum absolute atomic E-state index is 5.39. The normalized spacial score (nSPS) is 39.7. The molecule has 2 aliphatic carbocycles. The van der Waals surface area contributed by atoms with E-state index in [1.807, 2.05) is 0 Å². The van der Waals surface area contributed by atoms with Gasteiger partial charge < -0.3 is 5.73 Å². The third-order valence-electron chi connectivity index (χ3n) is 4.81. The van der Waals surface area contributed by atoms with E-state index in [0.717, 1.165) is 12.3 Å². The molecule has 3 nitrogen and oxygen atoms in total. The van der Waals surface area contributed by atoms with Crippen molar-refractivity contribution in [3.63, 3.8) is 0 Å². The van der Waals surface area contributed by atoms with Crippen LogP contribution in [0.15, 0.2) is 5.10 Å². The Morgan fingerprint density at radius 3 is 2.60 bits per heavy atom. The van der Waals surface area contributed by atoms with E-state index in [4.69, 9.17) is 18.0 Å². The molecule has 15 heavy (non-hydrogen) atoms. The van der Waals surface area contributed by atoms with Crippen molar-refractivity contribution in [2.45, 2.75) is 40.0 Å². The number of rotatable bonds is 1. The van der Waals surface area contributed by atoms with E-state index in [1.54, 1.807) is 0 Å². The van der Waals surface area contributed by atoms with Gasteiger partial charge in [-0.05, 0) is 42.8 Å². The van der Waals surface area contributed by atoms with Crippen LogP contribution in [0.25, 0.3) is 0 Å². The number of hydrazone groups is 1. The quantitative estimate of drug-likeness (QED) is 0.530. The molecule has 0 amide bonds. The van der Waals surface area contributed by atoms with Crippen LogP contribution in [0.2, 0.25) is 0 Å². The average molecular weight is 225 g/mol. The van der Waals surface area contributed by atoms with Crippen LogP contribution in [-0.2, 0) is 0 Å². The van der Waals surface area contributed by atoms with Gasteiger partial charge in [-0.1, -0.05) is 20.8 Å². The average Bonchev–Trinajstić information content (AvgIpc) is 2.46. The first-order valence-electron chi connectivity index (χ1n) is 5.50. The summed E-state index contributed by atoms with van der Waals surface area (Å²) in [7, 11) is 0. The summed E-state index contributed by atoms with van der Waals surface area (Å²) in [5.41, 5.74) is 9.97. The molecule has 2 rings (SSSR count). The van der Waals surface area contributed by atoms with Gasteiger partial charge in [0.1, 0.15) is 0 Å². The molecule has 0 aromatic heterocycles. The van der Waals surface area contributed by atoms with E-state index in [0.29, 0.717) is 5.41 Å². The highest BCUT2D eigenvalue weighted by Crippen LogP contribution is 2.63. The van der Waals surface area contributed by atoms with Crippen molar-refractivity contribution >= 4 is 23.0 Å². The summed E-state index contributed by atoms with van der Waals surface area (Å²) in [5.74, 6) is 0.773. The number of hydrogen-bond donors (Lipinski definition) is 2. The number of nitrogens with zero attached hydrogens (tertiary/aromatic N) is 1. The highest BCUT2D eigenvalue weighted by Gasteiger charge is 2.59. The lowest BCUT2D eigenvalue weighted by Crippen LogP contribution is -2.35. The van der Waals surface area contributed by atoms with E-state index in [9.17, 15) is 0 Å². The summed E-state index contributed by atoms with van der Waals surface area (Å²) < 4.78 is 0. The highest BCUT2D eigenvalue weighted by atomic mass is 32.1. The zero-order valence-electron chi connectivity index (χ0n) is 9.63. The summed E-state index contributed by atoms with van der Waals surface area (Å²) in [6.45, 7) is 7.03. The molecule has 0 heterocycles. The van der Waals surface area contributed by atoms with Crippen LogP contribution >= 0.6 is 12.2 Å². The van der Waals surface area contributed by atoms with E-state index < -0.39 is 0 Å². The zero-order chi connectivity index (χ0) is 11.3. The maximum Gasteiger partial charge on any atom is 0.184 e. The van der Waals surface area contributed by atoms with Crippen LogP contribution < -0.4 is 11.2 Å². The molecule has 2 saturated carbocycles. The summed E-state index contributed by atoms with van der Waals surface area (Å²) in [6.07, 6.45) is 3.66. The first kappa shape index (κ1) is 10.9. The lowest BCUT2D eigenvalue weighted by Gasteiger charge is -2.34. The Morgan fingerprint density at radius 1 is 1.53 bits per heavy atom. The van der Waals surface area contributed by atoms with Gasteiger partial charge in [0.15, 0.2) is 5.11 Å². The minimum absolute atomic E-state index is 0.232. The van der Waals surface area contributed by atoms with Crippen molar-refractivity contribution in [3.05, 3.63) is 0 Å². The third kappa shape index (κ3) is 1.38. The molecule has 3 N–H and O–H groups in total. The molecule has 2 unspecified atom stereocenters. The first-order valence-corrected chi connectivity index (χ1v) is 5.91. The van der Waals surface area contributed by atoms with Gasteiger partial charge in [0.2, 0.25) is 0 Å². The minimum Gasteiger partial charge on any atom is -0.375 e. The van der Waals surface area contributed by atoms with Crippen molar-refractivity contribution < 1.29 is 0 Å². The van der Waals surface area contributed by atoms with Gasteiger partial charge in [-0.15, -0.1) is 0 Å². The maximum atomic E-state index is 5.39. The standard InChI is InChI=1S/C11H19N3S/c1-10(2)7-4-5-11(10,3)8(6-7)13-14-9(12)15/h7H,4-6H2,1-3H3,(H3,12,14,15). The minimum atomic E-state index is 0.232. The van der Waals surface area contributed by atoms with Gasteiger partial charge in [0, 0.05) is 11.1 Å². The molecule has 0 aliphatic heterocycles. The molecule has 84 valence electrons. The van der Waals surface area contributed by atoms with E-state index in [1.165, 1.54) is 18.6 Å². The van der Waals surface area contributed by atoms with Crippen molar-refractivity contribution in [2.24, 2.45) is 27.6 Å². The summed E-state index contributed by atoms with van der Waals surface area (Å²) >= 11 is 4.77. The molecule has 0 radical (unpaired) electrons. The van der Waals surface area contributed by atoms with Crippen LogP contribution in [0.5, 0.6) is 0 Å². The third-order valence-corrected chi connectivity index (χ3v) is 4.90. The van der Waals surface area contributed by atoms with Crippen LogP contribution in [-0.4, -0.2) is 10.8 Å².